The normalized spacial score (nSPS) is 22.7. The molecule has 2 saturated heterocycles. The minimum atomic E-state index is -3.33. The smallest absolute Gasteiger partial charge is 0.241 e. The number of nitrogens with zero attached hydrogens (tertiary/aromatic N) is 3. The van der Waals surface area contributed by atoms with Gasteiger partial charge in [0.2, 0.25) is 15.9 Å². The number of carbonyl (C=O) groups is 1. The number of hydrogen-bond donors (Lipinski definition) is 0. The van der Waals surface area contributed by atoms with Crippen LogP contribution in [0.2, 0.25) is 0 Å². The molecule has 1 unspecified atom stereocenters. The fraction of sp³-hybridized carbons (Fsp3) is 0.650. The van der Waals surface area contributed by atoms with Gasteiger partial charge in [-0.1, -0.05) is 37.3 Å². The number of carbonyl (C=O) groups excluding carboxylic acids is 1. The van der Waals surface area contributed by atoms with Crippen LogP contribution in [-0.4, -0.2) is 72.9 Å². The highest BCUT2D eigenvalue weighted by molar-refractivity contribution is 7.89. The third-order valence-electron chi connectivity index (χ3n) is 5.46. The van der Waals surface area contributed by atoms with E-state index in [9.17, 15) is 13.2 Å². The van der Waals surface area contributed by atoms with Crippen molar-refractivity contribution < 1.29 is 13.2 Å². The first-order chi connectivity index (χ1) is 13.0. The van der Waals surface area contributed by atoms with Gasteiger partial charge < -0.3 is 4.90 Å². The molecule has 1 aromatic rings. The van der Waals surface area contributed by atoms with Gasteiger partial charge in [0.1, 0.15) is 6.04 Å². The van der Waals surface area contributed by atoms with E-state index >= 15 is 0 Å². The molecule has 0 N–H and O–H groups in total. The molecule has 3 rings (SSSR count). The highest BCUT2D eigenvalue weighted by atomic mass is 32.2. The molecule has 27 heavy (non-hydrogen) atoms. The Bertz CT molecular complexity index is 723. The topological polar surface area (TPSA) is 60.9 Å². The maximum atomic E-state index is 13.1. The summed E-state index contributed by atoms with van der Waals surface area (Å²) in [6.07, 6.45) is 2.92. The number of rotatable bonds is 6. The standard InChI is InChI=1S/C20H31N3O3S/c1-2-16-27(25,26)23-13-6-10-19(23)20(24)22-12-7-11-21(14-15-22)17-18-8-4-3-5-9-18/h3-5,8-9,19H,2,6-7,10-17H2,1H3. The van der Waals surface area contributed by atoms with E-state index in [1.807, 2.05) is 17.9 Å². The molecule has 1 atom stereocenters. The van der Waals surface area contributed by atoms with Crippen LogP contribution in [0.15, 0.2) is 30.3 Å². The van der Waals surface area contributed by atoms with Crippen molar-refractivity contribution in [2.45, 2.75) is 45.2 Å². The van der Waals surface area contributed by atoms with Crippen molar-refractivity contribution in [1.29, 1.82) is 0 Å². The molecule has 0 bridgehead atoms. The first kappa shape index (κ1) is 20.3. The van der Waals surface area contributed by atoms with E-state index in [-0.39, 0.29) is 11.7 Å². The highest BCUT2D eigenvalue weighted by Crippen LogP contribution is 2.24. The lowest BCUT2D eigenvalue weighted by molar-refractivity contribution is -0.134. The Balaban J connectivity index is 1.60. The molecule has 0 spiro atoms. The number of sulfonamides is 1. The van der Waals surface area contributed by atoms with Crippen LogP contribution in [-0.2, 0) is 21.4 Å². The van der Waals surface area contributed by atoms with Gasteiger partial charge in [-0.2, -0.15) is 4.31 Å². The van der Waals surface area contributed by atoms with Gasteiger partial charge in [0.15, 0.2) is 0 Å². The molecule has 2 aliphatic rings. The number of benzene rings is 1. The first-order valence-electron chi connectivity index (χ1n) is 10.1. The summed E-state index contributed by atoms with van der Waals surface area (Å²) in [6.45, 7) is 6.40. The van der Waals surface area contributed by atoms with Crippen molar-refractivity contribution in [2.24, 2.45) is 0 Å². The van der Waals surface area contributed by atoms with Crippen molar-refractivity contribution in [2.75, 3.05) is 38.5 Å². The second-order valence-corrected chi connectivity index (χ2v) is 9.57. The van der Waals surface area contributed by atoms with Gasteiger partial charge in [-0.25, -0.2) is 8.42 Å². The average Bonchev–Trinajstić information content (AvgIpc) is 3.04. The van der Waals surface area contributed by atoms with E-state index in [1.165, 1.54) is 9.87 Å². The Morgan fingerprint density at radius 1 is 1.04 bits per heavy atom. The maximum absolute atomic E-state index is 13.1. The molecule has 150 valence electrons. The van der Waals surface area contributed by atoms with Crippen molar-refractivity contribution in [3.63, 3.8) is 0 Å². The summed E-state index contributed by atoms with van der Waals surface area (Å²) in [6, 6.07) is 9.88. The lowest BCUT2D eigenvalue weighted by atomic mass is 10.2. The summed E-state index contributed by atoms with van der Waals surface area (Å²) >= 11 is 0. The molecular formula is C20H31N3O3S. The van der Waals surface area contributed by atoms with Gasteiger partial charge in [-0.05, 0) is 31.2 Å². The summed E-state index contributed by atoms with van der Waals surface area (Å²) in [5.74, 6) is 0.121. The SMILES string of the molecule is CCCS(=O)(=O)N1CCCC1C(=O)N1CCCN(Cc2ccccc2)CC1. The fourth-order valence-corrected chi connectivity index (χ4v) is 5.84. The van der Waals surface area contributed by atoms with Gasteiger partial charge >= 0.3 is 0 Å². The monoisotopic (exact) mass is 393 g/mol. The minimum Gasteiger partial charge on any atom is -0.340 e. The fourth-order valence-electron chi connectivity index (χ4n) is 4.10. The average molecular weight is 394 g/mol. The van der Waals surface area contributed by atoms with Crippen LogP contribution in [0.5, 0.6) is 0 Å². The molecule has 1 aromatic carbocycles. The molecule has 2 heterocycles. The van der Waals surface area contributed by atoms with Crippen LogP contribution in [0.4, 0.5) is 0 Å². The summed E-state index contributed by atoms with van der Waals surface area (Å²) in [7, 11) is -3.33. The lowest BCUT2D eigenvalue weighted by Crippen LogP contribution is -2.49. The lowest BCUT2D eigenvalue weighted by Gasteiger charge is -2.29. The van der Waals surface area contributed by atoms with Gasteiger partial charge in [0.05, 0.1) is 5.75 Å². The van der Waals surface area contributed by atoms with Crippen LogP contribution in [0.3, 0.4) is 0 Å². The predicted octanol–water partition coefficient (Wildman–Crippen LogP) is 1.93. The molecular weight excluding hydrogens is 362 g/mol. The van der Waals surface area contributed by atoms with E-state index in [2.05, 4.69) is 29.2 Å². The third-order valence-corrected chi connectivity index (χ3v) is 7.53. The maximum Gasteiger partial charge on any atom is 0.241 e. The van der Waals surface area contributed by atoms with E-state index < -0.39 is 16.1 Å². The molecule has 0 aliphatic carbocycles. The van der Waals surface area contributed by atoms with Gasteiger partial charge in [-0.15, -0.1) is 0 Å². The van der Waals surface area contributed by atoms with Crippen LogP contribution in [0.25, 0.3) is 0 Å². The van der Waals surface area contributed by atoms with Crippen LogP contribution < -0.4 is 0 Å². The number of hydrogen-bond acceptors (Lipinski definition) is 4. The molecule has 0 aromatic heterocycles. The molecule has 0 radical (unpaired) electrons. The first-order valence-corrected chi connectivity index (χ1v) is 11.7. The van der Waals surface area contributed by atoms with Crippen molar-refractivity contribution >= 4 is 15.9 Å². The second-order valence-electron chi connectivity index (χ2n) is 7.53. The quantitative estimate of drug-likeness (QED) is 0.741. The molecule has 2 fully saturated rings. The Labute approximate surface area is 163 Å². The largest absolute Gasteiger partial charge is 0.340 e. The Kier molecular flexibility index (Phi) is 6.89. The van der Waals surface area contributed by atoms with Crippen LogP contribution in [0.1, 0.15) is 38.2 Å². The van der Waals surface area contributed by atoms with Crippen LogP contribution in [0, 0.1) is 0 Å². The third kappa shape index (κ3) is 5.09. The van der Waals surface area contributed by atoms with E-state index in [1.54, 1.807) is 0 Å². The molecule has 0 saturated carbocycles. The highest BCUT2D eigenvalue weighted by Gasteiger charge is 2.40. The zero-order valence-electron chi connectivity index (χ0n) is 16.2. The molecule has 1 amide bonds. The zero-order chi connectivity index (χ0) is 19.3. The Morgan fingerprint density at radius 2 is 1.81 bits per heavy atom. The van der Waals surface area contributed by atoms with Gasteiger partial charge in [-0.3, -0.25) is 9.69 Å². The second kappa shape index (κ2) is 9.17. The predicted molar refractivity (Wildman–Crippen MR) is 107 cm³/mol. The molecule has 6 nitrogen and oxygen atoms in total. The Morgan fingerprint density at radius 3 is 2.56 bits per heavy atom. The van der Waals surface area contributed by atoms with Gasteiger partial charge in [0.25, 0.3) is 0 Å². The van der Waals surface area contributed by atoms with Crippen molar-refractivity contribution in [1.82, 2.24) is 14.1 Å². The molecule has 7 heteroatoms. The molecule has 2 aliphatic heterocycles. The minimum absolute atomic E-state index is 0.00580. The summed E-state index contributed by atoms with van der Waals surface area (Å²) in [5.41, 5.74) is 1.28. The van der Waals surface area contributed by atoms with Crippen molar-refractivity contribution in [3.8, 4) is 0 Å². The van der Waals surface area contributed by atoms with E-state index in [4.69, 9.17) is 0 Å². The van der Waals surface area contributed by atoms with Gasteiger partial charge in [0, 0.05) is 39.3 Å². The zero-order valence-corrected chi connectivity index (χ0v) is 17.0. The summed E-state index contributed by atoms with van der Waals surface area (Å²) in [4.78, 5) is 17.3. The Hall–Kier alpha value is -1.44. The van der Waals surface area contributed by atoms with E-state index in [0.29, 0.717) is 32.5 Å². The summed E-state index contributed by atoms with van der Waals surface area (Å²) < 4.78 is 26.5. The summed E-state index contributed by atoms with van der Waals surface area (Å²) in [5, 5.41) is 0. The number of amides is 1. The van der Waals surface area contributed by atoms with Crippen LogP contribution >= 0.6 is 0 Å². The van der Waals surface area contributed by atoms with E-state index in [0.717, 1.165) is 32.5 Å². The van der Waals surface area contributed by atoms with Crippen molar-refractivity contribution in [3.05, 3.63) is 35.9 Å².